The van der Waals surface area contributed by atoms with Crippen molar-refractivity contribution in [2.75, 3.05) is 20.2 Å². The maximum Gasteiger partial charge on any atom is 0.278 e. The fourth-order valence-electron chi connectivity index (χ4n) is 3.30. The van der Waals surface area contributed by atoms with Crippen molar-refractivity contribution >= 4 is 23.3 Å². The highest BCUT2D eigenvalue weighted by Crippen LogP contribution is 2.17. The molecule has 0 spiro atoms. The minimum Gasteiger partial charge on any atom is -0.497 e. The van der Waals surface area contributed by atoms with Gasteiger partial charge in [-0.25, -0.2) is 4.39 Å². The first kappa shape index (κ1) is 20.9. The molecule has 1 aliphatic heterocycles. The molecule has 2 aromatic carbocycles. The van der Waals surface area contributed by atoms with Crippen molar-refractivity contribution in [3.05, 3.63) is 70.3 Å². The van der Waals surface area contributed by atoms with Gasteiger partial charge in [0.2, 0.25) is 0 Å². The molecule has 160 valence electrons. The topological polar surface area (TPSA) is 76.8 Å². The first-order valence-electron chi connectivity index (χ1n) is 9.94. The molecule has 0 atom stereocenters. The predicted molar refractivity (Wildman–Crippen MR) is 114 cm³/mol. The van der Waals surface area contributed by atoms with Gasteiger partial charge in [0.05, 0.1) is 12.8 Å². The van der Waals surface area contributed by atoms with Gasteiger partial charge in [0.15, 0.2) is 10.4 Å². The van der Waals surface area contributed by atoms with E-state index < -0.39 is 11.7 Å². The Balaban J connectivity index is 1.75. The second kappa shape index (κ2) is 9.22. The average Bonchev–Trinajstić information content (AvgIpc) is 3.23. The monoisotopic (exact) mass is 440 g/mol. The molecule has 0 N–H and O–H groups in total. The van der Waals surface area contributed by atoms with E-state index in [1.54, 1.807) is 28.2 Å². The summed E-state index contributed by atoms with van der Waals surface area (Å²) in [6.07, 6.45) is 2.97. The SMILES string of the molecule is COc1ccc(-n2nc(C(=O)N3CCCCC3)c(=NC(=O)c3ccc(F)cc3)s2)cc1. The summed E-state index contributed by atoms with van der Waals surface area (Å²) in [7, 11) is 1.58. The zero-order valence-electron chi connectivity index (χ0n) is 17.0. The summed E-state index contributed by atoms with van der Waals surface area (Å²) >= 11 is 1.10. The van der Waals surface area contributed by atoms with Crippen LogP contribution in [0.4, 0.5) is 4.39 Å². The largest absolute Gasteiger partial charge is 0.497 e. The van der Waals surface area contributed by atoms with Crippen molar-refractivity contribution in [2.24, 2.45) is 4.99 Å². The van der Waals surface area contributed by atoms with Crippen molar-refractivity contribution in [3.63, 3.8) is 0 Å². The van der Waals surface area contributed by atoms with Crippen LogP contribution in [0.1, 0.15) is 40.1 Å². The summed E-state index contributed by atoms with van der Waals surface area (Å²) < 4.78 is 20.2. The molecule has 0 saturated carbocycles. The highest BCUT2D eigenvalue weighted by Gasteiger charge is 2.24. The quantitative estimate of drug-likeness (QED) is 0.623. The number of nitrogens with zero attached hydrogens (tertiary/aromatic N) is 4. The van der Waals surface area contributed by atoms with Gasteiger partial charge < -0.3 is 9.64 Å². The molecule has 0 radical (unpaired) electrons. The van der Waals surface area contributed by atoms with Crippen LogP contribution in [0.15, 0.2) is 53.5 Å². The fraction of sp³-hybridized carbons (Fsp3) is 0.273. The van der Waals surface area contributed by atoms with E-state index in [4.69, 9.17) is 4.74 Å². The van der Waals surface area contributed by atoms with Gasteiger partial charge in [-0.1, -0.05) is 0 Å². The molecule has 31 heavy (non-hydrogen) atoms. The minimum absolute atomic E-state index is 0.137. The van der Waals surface area contributed by atoms with Crippen molar-refractivity contribution in [3.8, 4) is 11.4 Å². The molecule has 9 heteroatoms. The molecule has 0 aliphatic carbocycles. The number of carbonyl (C=O) groups excluding carboxylic acids is 2. The number of methoxy groups -OCH3 is 1. The van der Waals surface area contributed by atoms with Crippen LogP contribution in [0.3, 0.4) is 0 Å². The van der Waals surface area contributed by atoms with Crippen molar-refractivity contribution < 1.29 is 18.7 Å². The molecule has 7 nitrogen and oxygen atoms in total. The normalized spacial score (nSPS) is 14.5. The van der Waals surface area contributed by atoms with Gasteiger partial charge in [-0.15, -0.1) is 5.10 Å². The molecule has 1 saturated heterocycles. The highest BCUT2D eigenvalue weighted by molar-refractivity contribution is 7.04. The molecule has 3 aromatic rings. The number of carbonyl (C=O) groups is 2. The van der Waals surface area contributed by atoms with Crippen molar-refractivity contribution in [1.82, 2.24) is 14.1 Å². The number of piperidine rings is 1. The third kappa shape index (κ3) is 4.72. The molecule has 1 aromatic heterocycles. The zero-order valence-corrected chi connectivity index (χ0v) is 17.8. The van der Waals surface area contributed by atoms with Gasteiger partial charge in [-0.2, -0.15) is 9.06 Å². The smallest absolute Gasteiger partial charge is 0.278 e. The van der Waals surface area contributed by atoms with Crippen LogP contribution in [0.2, 0.25) is 0 Å². The Bertz CT molecular complexity index is 1150. The molecule has 1 fully saturated rings. The zero-order chi connectivity index (χ0) is 21.8. The van der Waals surface area contributed by atoms with Crippen LogP contribution < -0.4 is 9.41 Å². The van der Waals surface area contributed by atoms with Crippen LogP contribution in [-0.2, 0) is 0 Å². The summed E-state index contributed by atoms with van der Waals surface area (Å²) in [6, 6.07) is 12.3. The lowest BCUT2D eigenvalue weighted by atomic mass is 10.1. The van der Waals surface area contributed by atoms with Gasteiger partial charge in [0.1, 0.15) is 11.6 Å². The number of hydrogen-bond acceptors (Lipinski definition) is 5. The molecular weight excluding hydrogens is 419 g/mol. The average molecular weight is 441 g/mol. The third-order valence-electron chi connectivity index (χ3n) is 5.00. The van der Waals surface area contributed by atoms with Gasteiger partial charge in [0.25, 0.3) is 11.8 Å². The minimum atomic E-state index is -0.557. The molecule has 0 unspecified atom stereocenters. The number of ether oxygens (including phenoxy) is 1. The van der Waals surface area contributed by atoms with Crippen LogP contribution in [0, 0.1) is 5.82 Å². The van der Waals surface area contributed by atoms with Crippen LogP contribution in [0.25, 0.3) is 5.69 Å². The Hall–Kier alpha value is -3.33. The second-order valence-electron chi connectivity index (χ2n) is 7.09. The number of benzene rings is 2. The van der Waals surface area contributed by atoms with Crippen LogP contribution in [0.5, 0.6) is 5.75 Å². The predicted octanol–water partition coefficient (Wildman–Crippen LogP) is 3.45. The van der Waals surface area contributed by atoms with E-state index in [2.05, 4.69) is 10.1 Å². The lowest BCUT2D eigenvalue weighted by Crippen LogP contribution is -2.38. The number of hydrogen-bond donors (Lipinski definition) is 0. The second-order valence-corrected chi connectivity index (χ2v) is 8.01. The maximum atomic E-state index is 13.2. The Morgan fingerprint density at radius 3 is 2.35 bits per heavy atom. The Labute approximate surface area is 182 Å². The molecular formula is C22H21FN4O3S. The van der Waals surface area contributed by atoms with E-state index in [1.165, 1.54) is 24.3 Å². The first-order valence-corrected chi connectivity index (χ1v) is 10.7. The number of rotatable bonds is 4. The summed E-state index contributed by atoms with van der Waals surface area (Å²) in [6.45, 7) is 1.31. The lowest BCUT2D eigenvalue weighted by Gasteiger charge is -2.25. The van der Waals surface area contributed by atoms with E-state index in [0.717, 1.165) is 30.8 Å². The molecule has 1 aliphatic rings. The standard InChI is InChI=1S/C22H21FN4O3S/c1-30-18-11-9-17(10-12-18)27-25-19(22(29)26-13-3-2-4-14-26)21(31-27)24-20(28)15-5-7-16(23)8-6-15/h5-12H,2-4,13-14H2,1H3. The first-order chi connectivity index (χ1) is 15.0. The fourth-order valence-corrected chi connectivity index (χ4v) is 4.15. The number of amides is 2. The van der Waals surface area contributed by atoms with Gasteiger partial charge >= 0.3 is 0 Å². The van der Waals surface area contributed by atoms with E-state index in [9.17, 15) is 14.0 Å². The number of likely N-dealkylation sites (tertiary alicyclic amines) is 1. The molecule has 4 rings (SSSR count). The summed E-state index contributed by atoms with van der Waals surface area (Å²) in [5.41, 5.74) is 1.09. The van der Waals surface area contributed by atoms with Crippen LogP contribution >= 0.6 is 11.5 Å². The molecule has 0 bridgehead atoms. The Morgan fingerprint density at radius 2 is 1.71 bits per heavy atom. The van der Waals surface area contributed by atoms with E-state index in [1.807, 2.05) is 12.1 Å². The van der Waals surface area contributed by atoms with E-state index in [-0.39, 0.29) is 21.8 Å². The number of aromatic nitrogens is 2. The van der Waals surface area contributed by atoms with Gasteiger partial charge in [-0.3, -0.25) is 9.59 Å². The van der Waals surface area contributed by atoms with Crippen molar-refractivity contribution in [1.29, 1.82) is 0 Å². The Morgan fingerprint density at radius 1 is 1.03 bits per heavy atom. The Kier molecular flexibility index (Phi) is 6.22. The number of halogens is 1. The third-order valence-corrected chi connectivity index (χ3v) is 5.92. The van der Waals surface area contributed by atoms with E-state index >= 15 is 0 Å². The molecule has 2 amide bonds. The van der Waals surface area contributed by atoms with Gasteiger partial charge in [0, 0.05) is 18.7 Å². The van der Waals surface area contributed by atoms with Crippen molar-refractivity contribution in [2.45, 2.75) is 19.3 Å². The summed E-state index contributed by atoms with van der Waals surface area (Å²) in [5.74, 6) is -0.540. The van der Waals surface area contributed by atoms with Crippen LogP contribution in [-0.4, -0.2) is 46.1 Å². The van der Waals surface area contributed by atoms with Gasteiger partial charge in [-0.05, 0) is 79.3 Å². The summed E-state index contributed by atoms with van der Waals surface area (Å²) in [5, 5.41) is 4.47. The summed E-state index contributed by atoms with van der Waals surface area (Å²) in [4.78, 5) is 31.7. The lowest BCUT2D eigenvalue weighted by molar-refractivity contribution is 0.0716. The van der Waals surface area contributed by atoms with E-state index in [0.29, 0.717) is 24.5 Å². The molecule has 2 heterocycles. The highest BCUT2D eigenvalue weighted by atomic mass is 32.1. The maximum absolute atomic E-state index is 13.2.